The quantitative estimate of drug-likeness (QED) is 0.510. The maximum atomic E-state index is 3.25. The summed E-state index contributed by atoms with van der Waals surface area (Å²) in [5.74, 6) is 0. The highest BCUT2D eigenvalue weighted by Gasteiger charge is 2.08. The highest BCUT2D eigenvalue weighted by molar-refractivity contribution is 5.92. The predicted octanol–water partition coefficient (Wildman–Crippen LogP) is 1.23. The molecule has 3 heteroatoms. The topological polar surface area (TPSA) is 34.3 Å². The van der Waals surface area contributed by atoms with Crippen LogP contribution in [0.2, 0.25) is 0 Å². The lowest BCUT2D eigenvalue weighted by Crippen LogP contribution is -2.08. The number of rotatable bonds is 0. The number of H-pyrrole nitrogens is 2. The van der Waals surface area contributed by atoms with Crippen molar-refractivity contribution in [1.29, 1.82) is 0 Å². The van der Waals surface area contributed by atoms with Crippen LogP contribution in [0, 0.1) is 0 Å². The van der Waals surface area contributed by atoms with Gasteiger partial charge in [-0.05, 0) is 6.07 Å². The highest BCUT2D eigenvalue weighted by Crippen LogP contribution is 2.15. The first-order valence-electron chi connectivity index (χ1n) is 3.90. The Balaban J connectivity index is 2.68. The van der Waals surface area contributed by atoms with Gasteiger partial charge in [-0.25, -0.2) is 0 Å². The van der Waals surface area contributed by atoms with Gasteiger partial charge in [0.1, 0.15) is 5.52 Å². The normalized spacial score (nSPS) is 11.3. The van der Waals surface area contributed by atoms with Crippen molar-refractivity contribution in [2.75, 3.05) is 0 Å². The first-order valence-corrected chi connectivity index (χ1v) is 3.90. The minimum absolute atomic E-state index is 1.18. The second kappa shape index (κ2) is 1.88. The standard InChI is InChI=1S/C9H7N3/c1-2-7-8(3-1)11-12-5-4-10-6-9(7)12/h1-6,10H/p+1. The summed E-state index contributed by atoms with van der Waals surface area (Å²) in [7, 11) is 0. The molecule has 0 aliphatic carbocycles. The lowest BCUT2D eigenvalue weighted by molar-refractivity contribution is -0.436. The third-order valence-electron chi connectivity index (χ3n) is 2.13. The van der Waals surface area contributed by atoms with Crippen LogP contribution in [0.4, 0.5) is 0 Å². The van der Waals surface area contributed by atoms with Crippen molar-refractivity contribution in [3.63, 3.8) is 0 Å². The van der Waals surface area contributed by atoms with Crippen molar-refractivity contribution >= 4 is 16.4 Å². The van der Waals surface area contributed by atoms with Gasteiger partial charge >= 0.3 is 0 Å². The van der Waals surface area contributed by atoms with Gasteiger partial charge in [0.25, 0.3) is 0 Å². The summed E-state index contributed by atoms with van der Waals surface area (Å²) < 4.78 is 2.00. The second-order valence-corrected chi connectivity index (χ2v) is 2.85. The number of nitrogens with one attached hydrogen (secondary N) is 2. The first kappa shape index (κ1) is 5.83. The number of aromatic nitrogens is 3. The molecule has 2 N–H and O–H groups in total. The molecule has 2 heterocycles. The Hall–Kier alpha value is -1.77. The summed E-state index contributed by atoms with van der Waals surface area (Å²) in [6, 6.07) is 6.23. The molecule has 0 aliphatic rings. The fraction of sp³-hybridized carbons (Fsp3) is 0. The van der Waals surface area contributed by atoms with E-state index in [-0.39, 0.29) is 0 Å². The van der Waals surface area contributed by atoms with Crippen molar-refractivity contribution in [3.8, 4) is 0 Å². The van der Waals surface area contributed by atoms with Crippen molar-refractivity contribution < 1.29 is 5.10 Å². The van der Waals surface area contributed by atoms with E-state index in [1.807, 2.05) is 29.2 Å². The Morgan fingerprint density at radius 3 is 3.33 bits per heavy atom. The molecule has 1 aromatic carbocycles. The largest absolute Gasteiger partial charge is 0.364 e. The molecule has 0 unspecified atom stereocenters. The van der Waals surface area contributed by atoms with Gasteiger partial charge in [0.05, 0.1) is 11.6 Å². The molecule has 0 saturated carbocycles. The zero-order valence-electron chi connectivity index (χ0n) is 6.41. The van der Waals surface area contributed by atoms with Crippen LogP contribution in [0.5, 0.6) is 0 Å². The lowest BCUT2D eigenvalue weighted by atomic mass is 10.3. The van der Waals surface area contributed by atoms with Gasteiger partial charge in [-0.15, -0.1) is 9.61 Å². The third kappa shape index (κ3) is 0.580. The first-order chi connectivity index (χ1) is 5.95. The Labute approximate surface area is 68.6 Å². The summed E-state index contributed by atoms with van der Waals surface area (Å²) in [4.78, 5) is 3.06. The average Bonchev–Trinajstić information content (AvgIpc) is 2.62. The van der Waals surface area contributed by atoms with Crippen molar-refractivity contribution in [3.05, 3.63) is 36.8 Å². The van der Waals surface area contributed by atoms with E-state index in [2.05, 4.69) is 22.2 Å². The van der Waals surface area contributed by atoms with E-state index in [1.165, 1.54) is 16.4 Å². The summed E-state index contributed by atoms with van der Waals surface area (Å²) in [6.45, 7) is 0. The van der Waals surface area contributed by atoms with E-state index in [9.17, 15) is 0 Å². The molecule has 3 aromatic rings. The molecule has 0 aliphatic heterocycles. The second-order valence-electron chi connectivity index (χ2n) is 2.85. The summed E-state index contributed by atoms with van der Waals surface area (Å²) in [5.41, 5.74) is 2.35. The molecule has 12 heavy (non-hydrogen) atoms. The van der Waals surface area contributed by atoms with E-state index in [4.69, 9.17) is 0 Å². The van der Waals surface area contributed by atoms with Gasteiger partial charge in [-0.3, -0.25) is 0 Å². The molecule has 0 atom stereocenters. The number of hydrogen-bond donors (Lipinski definition) is 1. The van der Waals surface area contributed by atoms with Crippen LogP contribution in [0.3, 0.4) is 0 Å². The monoisotopic (exact) mass is 158 g/mol. The Kier molecular flexibility index (Phi) is 0.913. The molecular weight excluding hydrogens is 150 g/mol. The molecule has 2 aromatic heterocycles. The number of fused-ring (bicyclic) bond motifs is 3. The van der Waals surface area contributed by atoms with Crippen LogP contribution in [0.25, 0.3) is 16.4 Å². The van der Waals surface area contributed by atoms with Gasteiger partial charge in [-0.1, -0.05) is 6.07 Å². The van der Waals surface area contributed by atoms with E-state index in [0.717, 1.165) is 0 Å². The van der Waals surface area contributed by atoms with Crippen LogP contribution >= 0.6 is 0 Å². The number of nitrogens with zero attached hydrogens (tertiary/aromatic N) is 1. The molecule has 3 rings (SSSR count). The Bertz CT molecular complexity index is 532. The van der Waals surface area contributed by atoms with Gasteiger partial charge < -0.3 is 4.98 Å². The fourth-order valence-electron chi connectivity index (χ4n) is 1.57. The molecule has 0 spiro atoms. The summed E-state index contributed by atoms with van der Waals surface area (Å²) >= 11 is 0. The SMILES string of the molecule is c1cc2[nH+]n3cc[nH]cc3c2c1. The van der Waals surface area contributed by atoms with E-state index in [1.54, 1.807) is 0 Å². The third-order valence-corrected chi connectivity index (χ3v) is 2.13. The van der Waals surface area contributed by atoms with Crippen LogP contribution in [-0.2, 0) is 0 Å². The Morgan fingerprint density at radius 2 is 2.33 bits per heavy atom. The zero-order valence-corrected chi connectivity index (χ0v) is 6.41. The molecule has 3 nitrogen and oxygen atoms in total. The van der Waals surface area contributed by atoms with Crippen LogP contribution in [0.1, 0.15) is 0 Å². The van der Waals surface area contributed by atoms with Crippen LogP contribution in [-0.4, -0.2) is 9.50 Å². The Morgan fingerprint density at radius 1 is 1.33 bits per heavy atom. The van der Waals surface area contributed by atoms with Gasteiger partial charge in [-0.2, -0.15) is 0 Å². The minimum Gasteiger partial charge on any atom is -0.364 e. The van der Waals surface area contributed by atoms with Crippen molar-refractivity contribution in [1.82, 2.24) is 9.50 Å². The van der Waals surface area contributed by atoms with Crippen molar-refractivity contribution in [2.45, 2.75) is 0 Å². The molecule has 0 radical (unpaired) electrons. The lowest BCUT2D eigenvalue weighted by Gasteiger charge is -1.84. The number of hydrogen-bond acceptors (Lipinski definition) is 0. The molecule has 0 fully saturated rings. The fourth-order valence-corrected chi connectivity index (χ4v) is 1.57. The molecule has 0 bridgehead atoms. The van der Waals surface area contributed by atoms with Crippen molar-refractivity contribution in [2.24, 2.45) is 0 Å². The number of aromatic amines is 2. The maximum absolute atomic E-state index is 3.25. The maximum Gasteiger partial charge on any atom is 0.237 e. The van der Waals surface area contributed by atoms with E-state index >= 15 is 0 Å². The molecule has 58 valence electrons. The molecular formula is C9H8N3+. The van der Waals surface area contributed by atoms with E-state index < -0.39 is 0 Å². The summed E-state index contributed by atoms with van der Waals surface area (Å²) in [6.07, 6.45) is 5.84. The smallest absolute Gasteiger partial charge is 0.237 e. The summed E-state index contributed by atoms with van der Waals surface area (Å²) in [5, 5.41) is 4.51. The zero-order chi connectivity index (χ0) is 7.97. The minimum atomic E-state index is 1.18. The van der Waals surface area contributed by atoms with Crippen LogP contribution < -0.4 is 5.10 Å². The highest BCUT2D eigenvalue weighted by atomic mass is 15.2. The van der Waals surface area contributed by atoms with E-state index in [0.29, 0.717) is 0 Å². The van der Waals surface area contributed by atoms with Gasteiger partial charge in [0, 0.05) is 18.5 Å². The van der Waals surface area contributed by atoms with Crippen LogP contribution in [0.15, 0.2) is 36.8 Å². The predicted molar refractivity (Wildman–Crippen MR) is 45.8 cm³/mol. The average molecular weight is 158 g/mol. The van der Waals surface area contributed by atoms with Gasteiger partial charge in [0.15, 0.2) is 0 Å². The van der Waals surface area contributed by atoms with Gasteiger partial charge in [0.2, 0.25) is 5.52 Å². The molecule has 0 amide bonds. The molecule has 0 saturated heterocycles.